The molecule has 2 heterocycles. The van der Waals surface area contributed by atoms with Crippen molar-refractivity contribution in [2.45, 2.75) is 26.4 Å². The first kappa shape index (κ1) is 13.7. The van der Waals surface area contributed by atoms with Gasteiger partial charge in [0.2, 0.25) is 0 Å². The van der Waals surface area contributed by atoms with Crippen molar-refractivity contribution < 1.29 is 9.90 Å². The van der Waals surface area contributed by atoms with Crippen molar-refractivity contribution in [3.63, 3.8) is 0 Å². The van der Waals surface area contributed by atoms with E-state index in [1.807, 2.05) is 17.6 Å². The fraction of sp³-hybridized carbons (Fsp3) is 0.286. The van der Waals surface area contributed by atoms with Crippen LogP contribution in [0.1, 0.15) is 33.4 Å². The van der Waals surface area contributed by atoms with Crippen molar-refractivity contribution in [3.05, 3.63) is 51.5 Å². The molecule has 0 radical (unpaired) electrons. The van der Waals surface area contributed by atoms with E-state index in [0.717, 1.165) is 17.7 Å². The first-order valence-corrected chi connectivity index (χ1v) is 7.02. The molecule has 2 rings (SSSR count). The maximum Gasteiger partial charge on any atom is 0.345 e. The number of hydrogen-bond donors (Lipinski definition) is 2. The minimum atomic E-state index is -0.868. The average molecular weight is 276 g/mol. The molecule has 5 heteroatoms. The quantitative estimate of drug-likeness (QED) is 0.851. The third-order valence-electron chi connectivity index (χ3n) is 2.79. The Bertz CT molecular complexity index is 549. The summed E-state index contributed by atoms with van der Waals surface area (Å²) in [5.74, 6) is -0.868. The van der Waals surface area contributed by atoms with Crippen LogP contribution in [0.2, 0.25) is 0 Å². The molecule has 2 aromatic heterocycles. The summed E-state index contributed by atoms with van der Waals surface area (Å²) in [4.78, 5) is 15.5. The lowest BCUT2D eigenvalue weighted by atomic mass is 10.2. The second kappa shape index (κ2) is 6.45. The van der Waals surface area contributed by atoms with E-state index in [0.29, 0.717) is 18.0 Å². The molecule has 0 amide bonds. The zero-order valence-corrected chi connectivity index (χ0v) is 11.5. The van der Waals surface area contributed by atoms with Gasteiger partial charge in [0, 0.05) is 19.3 Å². The summed E-state index contributed by atoms with van der Waals surface area (Å²) in [6.07, 6.45) is 2.89. The average Bonchev–Trinajstić information content (AvgIpc) is 2.89. The van der Waals surface area contributed by atoms with Crippen LogP contribution in [0.25, 0.3) is 0 Å². The zero-order chi connectivity index (χ0) is 13.7. The van der Waals surface area contributed by atoms with Gasteiger partial charge >= 0.3 is 5.97 Å². The highest BCUT2D eigenvalue weighted by atomic mass is 32.1. The molecule has 0 bridgehead atoms. The smallest absolute Gasteiger partial charge is 0.345 e. The van der Waals surface area contributed by atoms with E-state index in [-0.39, 0.29) is 0 Å². The number of carboxylic acid groups (broad SMARTS) is 1. The van der Waals surface area contributed by atoms with Gasteiger partial charge in [0.25, 0.3) is 0 Å². The number of rotatable bonds is 6. The summed E-state index contributed by atoms with van der Waals surface area (Å²) in [6, 6.07) is 5.80. The predicted octanol–water partition coefficient (Wildman–Crippen LogP) is 2.69. The minimum absolute atomic E-state index is 0.377. The van der Waals surface area contributed by atoms with Crippen molar-refractivity contribution in [2.75, 3.05) is 0 Å². The lowest BCUT2D eigenvalue weighted by Crippen LogP contribution is -2.13. The Morgan fingerprint density at radius 1 is 1.37 bits per heavy atom. The van der Waals surface area contributed by atoms with Crippen LogP contribution in [0.5, 0.6) is 0 Å². The van der Waals surface area contributed by atoms with Crippen LogP contribution in [-0.2, 0) is 19.5 Å². The summed E-state index contributed by atoms with van der Waals surface area (Å²) < 4.78 is 0. The Morgan fingerprint density at radius 2 is 2.21 bits per heavy atom. The SMILES string of the molecule is CCc1ccc(CNCc2csc(C(=O)O)c2)nc1. The minimum Gasteiger partial charge on any atom is -0.477 e. The van der Waals surface area contributed by atoms with Crippen LogP contribution in [0.3, 0.4) is 0 Å². The van der Waals surface area contributed by atoms with Gasteiger partial charge in [-0.1, -0.05) is 13.0 Å². The molecule has 0 unspecified atom stereocenters. The number of pyridine rings is 1. The Hall–Kier alpha value is -1.72. The van der Waals surface area contributed by atoms with Gasteiger partial charge < -0.3 is 10.4 Å². The van der Waals surface area contributed by atoms with Crippen molar-refractivity contribution in [1.29, 1.82) is 0 Å². The van der Waals surface area contributed by atoms with Gasteiger partial charge in [0.1, 0.15) is 4.88 Å². The molecule has 2 aromatic rings. The largest absolute Gasteiger partial charge is 0.477 e. The first-order valence-electron chi connectivity index (χ1n) is 6.14. The molecule has 0 saturated carbocycles. The number of hydrogen-bond acceptors (Lipinski definition) is 4. The number of aromatic carboxylic acids is 1. The summed E-state index contributed by atoms with van der Waals surface area (Å²) in [5.41, 5.74) is 3.21. The normalized spacial score (nSPS) is 10.6. The molecule has 0 aliphatic heterocycles. The van der Waals surface area contributed by atoms with E-state index < -0.39 is 5.97 Å². The van der Waals surface area contributed by atoms with Crippen molar-refractivity contribution in [1.82, 2.24) is 10.3 Å². The molecule has 0 spiro atoms. The van der Waals surface area contributed by atoms with Gasteiger partial charge in [-0.25, -0.2) is 4.79 Å². The van der Waals surface area contributed by atoms with Gasteiger partial charge in [0.15, 0.2) is 0 Å². The third kappa shape index (κ3) is 3.87. The van der Waals surface area contributed by atoms with E-state index in [1.54, 1.807) is 6.07 Å². The molecular formula is C14H16N2O2S. The Kier molecular flexibility index (Phi) is 4.65. The number of aromatic nitrogens is 1. The van der Waals surface area contributed by atoms with Crippen LogP contribution in [0.15, 0.2) is 29.8 Å². The highest BCUT2D eigenvalue weighted by Gasteiger charge is 2.06. The molecule has 2 N–H and O–H groups in total. The van der Waals surface area contributed by atoms with Crippen LogP contribution < -0.4 is 5.32 Å². The molecule has 0 aromatic carbocycles. The maximum absolute atomic E-state index is 10.7. The van der Waals surface area contributed by atoms with E-state index in [9.17, 15) is 4.79 Å². The van der Waals surface area contributed by atoms with E-state index in [1.165, 1.54) is 16.9 Å². The molecular weight excluding hydrogens is 260 g/mol. The second-order valence-corrected chi connectivity index (χ2v) is 5.15. The highest BCUT2D eigenvalue weighted by molar-refractivity contribution is 7.12. The lowest BCUT2D eigenvalue weighted by molar-refractivity contribution is 0.0702. The molecule has 4 nitrogen and oxygen atoms in total. The number of aryl methyl sites for hydroxylation is 1. The number of nitrogens with zero attached hydrogens (tertiary/aromatic N) is 1. The van der Waals surface area contributed by atoms with Crippen molar-refractivity contribution in [3.8, 4) is 0 Å². The highest BCUT2D eigenvalue weighted by Crippen LogP contribution is 2.14. The topological polar surface area (TPSA) is 62.2 Å². The molecule has 0 atom stereocenters. The predicted molar refractivity (Wildman–Crippen MR) is 75.4 cm³/mol. The molecule has 100 valence electrons. The summed E-state index contributed by atoms with van der Waals surface area (Å²) in [6.45, 7) is 3.44. The van der Waals surface area contributed by atoms with Crippen molar-refractivity contribution >= 4 is 17.3 Å². The molecule has 0 fully saturated rings. The molecule has 19 heavy (non-hydrogen) atoms. The van der Waals surface area contributed by atoms with Gasteiger partial charge in [-0.2, -0.15) is 0 Å². The first-order chi connectivity index (χ1) is 9.19. The number of thiophene rings is 1. The van der Waals surface area contributed by atoms with Crippen LogP contribution in [-0.4, -0.2) is 16.1 Å². The summed E-state index contributed by atoms with van der Waals surface area (Å²) >= 11 is 1.25. The van der Waals surface area contributed by atoms with Crippen molar-refractivity contribution in [2.24, 2.45) is 0 Å². The van der Waals surface area contributed by atoms with Gasteiger partial charge in [-0.15, -0.1) is 11.3 Å². The number of carbonyl (C=O) groups is 1. The number of carboxylic acids is 1. The Labute approximate surface area is 116 Å². The second-order valence-electron chi connectivity index (χ2n) is 4.24. The van der Waals surface area contributed by atoms with E-state index >= 15 is 0 Å². The summed E-state index contributed by atoms with van der Waals surface area (Å²) in [7, 11) is 0. The maximum atomic E-state index is 10.7. The molecule has 0 aliphatic rings. The molecule has 0 aliphatic carbocycles. The fourth-order valence-electron chi connectivity index (χ4n) is 1.68. The monoisotopic (exact) mass is 276 g/mol. The third-order valence-corrected chi connectivity index (χ3v) is 3.76. The zero-order valence-electron chi connectivity index (χ0n) is 10.7. The van der Waals surface area contributed by atoms with Gasteiger partial charge in [-0.3, -0.25) is 4.98 Å². The lowest BCUT2D eigenvalue weighted by Gasteiger charge is -2.03. The Morgan fingerprint density at radius 3 is 2.79 bits per heavy atom. The number of nitrogens with one attached hydrogen (secondary N) is 1. The van der Waals surface area contributed by atoms with Crippen LogP contribution in [0.4, 0.5) is 0 Å². The van der Waals surface area contributed by atoms with Crippen LogP contribution in [0, 0.1) is 0 Å². The van der Waals surface area contributed by atoms with Crippen LogP contribution >= 0.6 is 11.3 Å². The van der Waals surface area contributed by atoms with E-state index in [4.69, 9.17) is 5.11 Å². The summed E-state index contributed by atoms with van der Waals surface area (Å²) in [5, 5.41) is 14.0. The molecule has 0 saturated heterocycles. The standard InChI is InChI=1S/C14H16N2O2S/c1-2-10-3-4-12(16-7-10)8-15-6-11-5-13(14(17)18)19-9-11/h3-5,7,9,15H,2,6,8H2,1H3,(H,17,18). The van der Waals surface area contributed by atoms with Gasteiger partial charge in [0.05, 0.1) is 5.69 Å². The van der Waals surface area contributed by atoms with Gasteiger partial charge in [-0.05, 0) is 35.1 Å². The fourth-order valence-corrected chi connectivity index (χ4v) is 2.43. The Balaban J connectivity index is 1.83. The van der Waals surface area contributed by atoms with E-state index in [2.05, 4.69) is 23.3 Å².